The quantitative estimate of drug-likeness (QED) is 0.544. The second-order valence-corrected chi connectivity index (χ2v) is 7.66. The summed E-state index contributed by atoms with van der Waals surface area (Å²) < 4.78 is 5.15. The first-order valence-corrected chi connectivity index (χ1v) is 10.3. The van der Waals surface area contributed by atoms with Crippen LogP contribution in [0.4, 0.5) is 5.13 Å². The number of carbonyl (C=O) groups is 2. The summed E-state index contributed by atoms with van der Waals surface area (Å²) >= 11 is 1.31. The van der Waals surface area contributed by atoms with Crippen LogP contribution in [-0.2, 0) is 16.0 Å². The molecule has 1 amide bonds. The van der Waals surface area contributed by atoms with Crippen molar-refractivity contribution >= 4 is 28.3 Å². The zero-order chi connectivity index (χ0) is 19.8. The van der Waals surface area contributed by atoms with Crippen molar-refractivity contribution in [3.05, 3.63) is 59.6 Å². The molecule has 0 radical (unpaired) electrons. The first kappa shape index (κ1) is 20.1. The highest BCUT2D eigenvalue weighted by atomic mass is 32.1. The molecule has 7 heteroatoms. The Balaban J connectivity index is 1.40. The van der Waals surface area contributed by atoms with Crippen molar-refractivity contribution in [2.75, 3.05) is 31.6 Å². The molecule has 1 N–H and O–H groups in total. The summed E-state index contributed by atoms with van der Waals surface area (Å²) in [4.78, 5) is 30.4. The van der Waals surface area contributed by atoms with E-state index >= 15 is 0 Å². The molecule has 0 unspecified atom stereocenters. The summed E-state index contributed by atoms with van der Waals surface area (Å²) in [5, 5.41) is 5.26. The molecule has 1 aromatic heterocycles. The number of rotatable bonds is 8. The van der Waals surface area contributed by atoms with Crippen molar-refractivity contribution in [2.45, 2.75) is 19.3 Å². The summed E-state index contributed by atoms with van der Waals surface area (Å²) in [5.41, 5.74) is 1.55. The largest absolute Gasteiger partial charge is 0.451 e. The Hall–Kier alpha value is -2.67. The van der Waals surface area contributed by atoms with Crippen LogP contribution < -0.4 is 5.32 Å². The second kappa shape index (κ2) is 10.0. The first-order valence-electron chi connectivity index (χ1n) is 9.45. The zero-order valence-corrected chi connectivity index (χ0v) is 16.6. The molecule has 2 aromatic rings. The number of hydrogen-bond donors (Lipinski definition) is 1. The maximum absolute atomic E-state index is 12.4. The number of esters is 1. The van der Waals surface area contributed by atoms with Crippen LogP contribution in [0.5, 0.6) is 0 Å². The van der Waals surface area contributed by atoms with E-state index in [1.807, 2.05) is 6.07 Å². The number of nitrogens with one attached hydrogen (secondary N) is 1. The van der Waals surface area contributed by atoms with E-state index < -0.39 is 5.97 Å². The molecule has 0 saturated carbocycles. The lowest BCUT2D eigenvalue weighted by atomic mass is 9.90. The van der Waals surface area contributed by atoms with Gasteiger partial charge in [0.1, 0.15) is 0 Å². The number of benzene rings is 1. The SMILES string of the molecule is C=CCNc1nc(C(=O)OCC(=O)N2CCC(Cc3ccccc3)CC2)cs1. The normalized spacial score (nSPS) is 14.5. The summed E-state index contributed by atoms with van der Waals surface area (Å²) in [6.45, 7) is 5.36. The lowest BCUT2D eigenvalue weighted by Crippen LogP contribution is -2.41. The van der Waals surface area contributed by atoms with Gasteiger partial charge >= 0.3 is 5.97 Å². The highest BCUT2D eigenvalue weighted by Gasteiger charge is 2.24. The van der Waals surface area contributed by atoms with E-state index in [-0.39, 0.29) is 18.2 Å². The summed E-state index contributed by atoms with van der Waals surface area (Å²) in [7, 11) is 0. The number of aromatic nitrogens is 1. The fourth-order valence-corrected chi connectivity index (χ4v) is 3.92. The molecular weight excluding hydrogens is 374 g/mol. The molecule has 2 heterocycles. The Bertz CT molecular complexity index is 798. The van der Waals surface area contributed by atoms with Crippen molar-refractivity contribution in [2.24, 2.45) is 5.92 Å². The molecule has 28 heavy (non-hydrogen) atoms. The van der Waals surface area contributed by atoms with Crippen molar-refractivity contribution in [1.29, 1.82) is 0 Å². The summed E-state index contributed by atoms with van der Waals surface area (Å²) in [6, 6.07) is 10.4. The maximum atomic E-state index is 12.4. The van der Waals surface area contributed by atoms with Crippen LogP contribution in [0.15, 0.2) is 48.4 Å². The predicted molar refractivity (Wildman–Crippen MR) is 111 cm³/mol. The molecule has 1 aliphatic rings. The average Bonchev–Trinajstić information content (AvgIpc) is 3.20. The standard InChI is InChI=1S/C21H25N3O3S/c1-2-10-22-21-23-18(15-28-21)20(26)27-14-19(25)24-11-8-17(9-12-24)13-16-6-4-3-5-7-16/h2-7,15,17H,1,8-14H2,(H,22,23). The van der Waals surface area contributed by atoms with Crippen molar-refractivity contribution in [3.63, 3.8) is 0 Å². The van der Waals surface area contributed by atoms with E-state index in [0.717, 1.165) is 19.3 Å². The molecule has 0 atom stereocenters. The van der Waals surface area contributed by atoms with Crippen LogP contribution in [0.2, 0.25) is 0 Å². The molecule has 1 aliphatic heterocycles. The molecule has 0 bridgehead atoms. The summed E-state index contributed by atoms with van der Waals surface area (Å²) in [6.07, 6.45) is 4.70. The van der Waals surface area contributed by atoms with E-state index in [4.69, 9.17) is 4.74 Å². The minimum atomic E-state index is -0.574. The monoisotopic (exact) mass is 399 g/mol. The molecule has 0 aliphatic carbocycles. The average molecular weight is 400 g/mol. The van der Waals surface area contributed by atoms with Gasteiger partial charge in [-0.05, 0) is 30.7 Å². The Morgan fingerprint density at radius 2 is 2.04 bits per heavy atom. The first-order chi connectivity index (χ1) is 13.7. The van der Waals surface area contributed by atoms with Gasteiger partial charge in [0.15, 0.2) is 17.4 Å². The van der Waals surface area contributed by atoms with E-state index in [1.165, 1.54) is 16.9 Å². The van der Waals surface area contributed by atoms with Crippen molar-refractivity contribution < 1.29 is 14.3 Å². The molecule has 0 spiro atoms. The Morgan fingerprint density at radius 3 is 2.75 bits per heavy atom. The Morgan fingerprint density at radius 1 is 1.29 bits per heavy atom. The minimum absolute atomic E-state index is 0.147. The topological polar surface area (TPSA) is 71.5 Å². The number of carbonyl (C=O) groups excluding carboxylic acids is 2. The van der Waals surface area contributed by atoms with Crippen LogP contribution in [0, 0.1) is 5.92 Å². The maximum Gasteiger partial charge on any atom is 0.358 e. The van der Waals surface area contributed by atoms with Gasteiger partial charge in [-0.3, -0.25) is 4.79 Å². The fourth-order valence-electron chi connectivity index (χ4n) is 3.23. The van der Waals surface area contributed by atoms with Crippen molar-refractivity contribution in [1.82, 2.24) is 9.88 Å². The van der Waals surface area contributed by atoms with Gasteiger partial charge in [-0.25, -0.2) is 9.78 Å². The lowest BCUT2D eigenvalue weighted by Gasteiger charge is -2.32. The van der Waals surface area contributed by atoms with Gasteiger partial charge in [0.25, 0.3) is 5.91 Å². The van der Waals surface area contributed by atoms with Crippen LogP contribution in [-0.4, -0.2) is 48.0 Å². The highest BCUT2D eigenvalue weighted by Crippen LogP contribution is 2.22. The highest BCUT2D eigenvalue weighted by molar-refractivity contribution is 7.13. The van der Waals surface area contributed by atoms with Gasteiger partial charge < -0.3 is 15.0 Å². The Labute approximate surface area is 169 Å². The van der Waals surface area contributed by atoms with E-state index in [0.29, 0.717) is 30.7 Å². The van der Waals surface area contributed by atoms with Gasteiger partial charge in [-0.1, -0.05) is 36.4 Å². The smallest absolute Gasteiger partial charge is 0.358 e. The van der Waals surface area contributed by atoms with Crippen LogP contribution in [0.3, 0.4) is 0 Å². The number of thiazole rings is 1. The number of ether oxygens (including phenoxy) is 1. The number of amides is 1. The molecule has 1 fully saturated rings. The molecule has 1 saturated heterocycles. The molecule has 3 rings (SSSR count). The second-order valence-electron chi connectivity index (χ2n) is 6.80. The molecule has 148 valence electrons. The van der Waals surface area contributed by atoms with Gasteiger partial charge in [-0.15, -0.1) is 17.9 Å². The Kier molecular flexibility index (Phi) is 7.19. The lowest BCUT2D eigenvalue weighted by molar-refractivity contribution is -0.135. The van der Waals surface area contributed by atoms with Gasteiger partial charge in [0.2, 0.25) is 0 Å². The van der Waals surface area contributed by atoms with E-state index in [2.05, 4.69) is 41.1 Å². The van der Waals surface area contributed by atoms with Crippen LogP contribution >= 0.6 is 11.3 Å². The molecule has 6 nitrogen and oxygen atoms in total. The van der Waals surface area contributed by atoms with Crippen LogP contribution in [0.1, 0.15) is 28.9 Å². The minimum Gasteiger partial charge on any atom is -0.451 e. The number of likely N-dealkylation sites (tertiary alicyclic amines) is 1. The fraction of sp³-hybridized carbons (Fsp3) is 0.381. The summed E-state index contributed by atoms with van der Waals surface area (Å²) in [5.74, 6) is -0.132. The van der Waals surface area contributed by atoms with E-state index in [9.17, 15) is 9.59 Å². The third kappa shape index (κ3) is 5.66. The third-order valence-corrected chi connectivity index (χ3v) is 5.57. The molecule has 1 aromatic carbocycles. The van der Waals surface area contributed by atoms with Gasteiger partial charge in [0, 0.05) is 25.0 Å². The van der Waals surface area contributed by atoms with Gasteiger partial charge in [0.05, 0.1) is 0 Å². The number of nitrogens with zero attached hydrogens (tertiary/aromatic N) is 2. The molecular formula is C21H25N3O3S. The number of piperidine rings is 1. The third-order valence-electron chi connectivity index (χ3n) is 4.77. The van der Waals surface area contributed by atoms with Crippen molar-refractivity contribution in [3.8, 4) is 0 Å². The van der Waals surface area contributed by atoms with E-state index in [1.54, 1.807) is 16.4 Å². The number of anilines is 1. The predicted octanol–water partition coefficient (Wildman–Crippen LogP) is 3.38. The zero-order valence-electron chi connectivity index (χ0n) is 15.8. The number of hydrogen-bond acceptors (Lipinski definition) is 6. The van der Waals surface area contributed by atoms with Crippen LogP contribution in [0.25, 0.3) is 0 Å². The van der Waals surface area contributed by atoms with Gasteiger partial charge in [-0.2, -0.15) is 0 Å².